The number of ether oxygens (including phenoxy) is 2. The number of morpholine rings is 1. The first kappa shape index (κ1) is 26.9. The molecule has 2 atom stereocenters. The summed E-state index contributed by atoms with van der Waals surface area (Å²) in [6, 6.07) is 20.7. The first-order valence-electron chi connectivity index (χ1n) is 14.3. The number of hydrogen-bond acceptors (Lipinski definition) is 6. The highest BCUT2D eigenvalue weighted by Crippen LogP contribution is 2.33. The number of fused-ring (bicyclic) bond motifs is 2. The summed E-state index contributed by atoms with van der Waals surface area (Å²) in [5.74, 6) is 0.903. The smallest absolute Gasteiger partial charge is 0.141 e. The van der Waals surface area contributed by atoms with Gasteiger partial charge >= 0.3 is 0 Å². The maximum Gasteiger partial charge on any atom is 0.141 e. The van der Waals surface area contributed by atoms with Gasteiger partial charge in [-0.2, -0.15) is 0 Å². The van der Waals surface area contributed by atoms with Crippen LogP contribution in [0.5, 0.6) is 5.75 Å². The maximum atomic E-state index is 13.5. The SMILES string of the molecule is Fc1cccc(COc2ccc(Nc3ncnc4ccc(-c5ccn(C[C@H]6CN7CCCC7CO6)c5)cc34)cc2Cl)c1. The van der Waals surface area contributed by atoms with E-state index in [1.54, 1.807) is 24.5 Å². The largest absolute Gasteiger partial charge is 0.487 e. The van der Waals surface area contributed by atoms with Gasteiger partial charge in [-0.15, -0.1) is 0 Å². The summed E-state index contributed by atoms with van der Waals surface area (Å²) in [4.78, 5) is 11.6. The molecule has 2 fully saturated rings. The third-order valence-corrected chi connectivity index (χ3v) is 8.37. The van der Waals surface area contributed by atoms with E-state index < -0.39 is 0 Å². The fraction of sp³-hybridized carbons (Fsp3) is 0.273. The lowest BCUT2D eigenvalue weighted by molar-refractivity contribution is -0.0551. The summed E-state index contributed by atoms with van der Waals surface area (Å²) in [6.07, 6.45) is 8.60. The summed E-state index contributed by atoms with van der Waals surface area (Å²) in [6.45, 7) is 4.10. The molecular formula is C33H31ClFN5O2. The highest BCUT2D eigenvalue weighted by Gasteiger charge is 2.32. The third kappa shape index (κ3) is 5.83. The molecule has 0 saturated carbocycles. The van der Waals surface area contributed by atoms with Crippen LogP contribution in [0.1, 0.15) is 18.4 Å². The van der Waals surface area contributed by atoms with E-state index >= 15 is 0 Å². The third-order valence-electron chi connectivity index (χ3n) is 8.07. The second-order valence-corrected chi connectivity index (χ2v) is 11.4. The highest BCUT2D eigenvalue weighted by atomic mass is 35.5. The Morgan fingerprint density at radius 3 is 2.90 bits per heavy atom. The number of anilines is 2. The van der Waals surface area contributed by atoms with Crippen LogP contribution in [-0.4, -0.2) is 51.3 Å². The van der Waals surface area contributed by atoms with E-state index in [0.717, 1.165) is 53.0 Å². The minimum Gasteiger partial charge on any atom is -0.487 e. The van der Waals surface area contributed by atoms with Crippen molar-refractivity contribution in [3.8, 4) is 16.9 Å². The molecule has 4 heterocycles. The van der Waals surface area contributed by atoms with Crippen molar-refractivity contribution in [2.75, 3.05) is 25.0 Å². The van der Waals surface area contributed by atoms with Crippen LogP contribution in [0.25, 0.3) is 22.0 Å². The summed E-state index contributed by atoms with van der Waals surface area (Å²) >= 11 is 6.53. The van der Waals surface area contributed by atoms with Gasteiger partial charge in [0.15, 0.2) is 0 Å². The normalized spacial score (nSPS) is 18.7. The van der Waals surface area contributed by atoms with Gasteiger partial charge in [0.25, 0.3) is 0 Å². The van der Waals surface area contributed by atoms with Crippen molar-refractivity contribution in [1.82, 2.24) is 19.4 Å². The molecule has 7 rings (SSSR count). The fourth-order valence-corrected chi connectivity index (χ4v) is 6.15. The van der Waals surface area contributed by atoms with Gasteiger partial charge in [-0.25, -0.2) is 14.4 Å². The molecule has 1 unspecified atom stereocenters. The quantitative estimate of drug-likeness (QED) is 0.211. The van der Waals surface area contributed by atoms with Crippen molar-refractivity contribution in [2.45, 2.75) is 38.1 Å². The molecule has 0 amide bonds. The maximum absolute atomic E-state index is 13.5. The Kier molecular flexibility index (Phi) is 7.50. The Morgan fingerprint density at radius 2 is 2.00 bits per heavy atom. The van der Waals surface area contributed by atoms with Crippen LogP contribution >= 0.6 is 11.6 Å². The first-order chi connectivity index (χ1) is 20.6. The zero-order valence-corrected chi connectivity index (χ0v) is 23.8. The molecule has 0 spiro atoms. The molecule has 9 heteroatoms. The molecule has 1 N–H and O–H groups in total. The molecule has 3 aromatic carbocycles. The molecule has 2 aromatic heterocycles. The molecule has 0 radical (unpaired) electrons. The van der Waals surface area contributed by atoms with Gasteiger partial charge in [0, 0.05) is 42.6 Å². The van der Waals surface area contributed by atoms with Gasteiger partial charge in [0.2, 0.25) is 0 Å². The van der Waals surface area contributed by atoms with Crippen LogP contribution < -0.4 is 10.1 Å². The molecule has 5 aromatic rings. The standard InChI is InChI=1S/C33H31ClFN5O2/c34-30-15-26(7-9-32(30)42-19-22-3-1-4-25(35)13-22)38-33-29-14-23(6-8-31(29)36-21-37-33)24-10-12-39(16-24)17-28-18-40-11-2-5-27(40)20-41-28/h1,3-4,6-10,12-16,21,27-28H,2,5,11,17-20H2,(H,36,37,38)/t27?,28-/m0/s1. The van der Waals surface area contributed by atoms with E-state index in [-0.39, 0.29) is 18.5 Å². The Labute approximate surface area is 248 Å². The van der Waals surface area contributed by atoms with Gasteiger partial charge in [-0.3, -0.25) is 4.90 Å². The zero-order chi connectivity index (χ0) is 28.5. The van der Waals surface area contributed by atoms with Crippen LogP contribution in [0.3, 0.4) is 0 Å². The van der Waals surface area contributed by atoms with Crippen molar-refractivity contribution in [2.24, 2.45) is 0 Å². The van der Waals surface area contributed by atoms with E-state index in [9.17, 15) is 4.39 Å². The molecule has 2 aliphatic heterocycles. The average Bonchev–Trinajstić information content (AvgIpc) is 3.66. The lowest BCUT2D eigenvalue weighted by Gasteiger charge is -2.35. The topological polar surface area (TPSA) is 64.4 Å². The Hall–Kier alpha value is -3.98. The van der Waals surface area contributed by atoms with Gasteiger partial charge in [0.1, 0.15) is 30.3 Å². The van der Waals surface area contributed by atoms with Crippen LogP contribution in [0, 0.1) is 5.82 Å². The van der Waals surface area contributed by atoms with E-state index in [1.807, 2.05) is 18.2 Å². The summed E-state index contributed by atoms with van der Waals surface area (Å²) < 4.78 is 27.7. The van der Waals surface area contributed by atoms with Gasteiger partial charge in [-0.1, -0.05) is 29.8 Å². The molecule has 0 aliphatic carbocycles. The summed E-state index contributed by atoms with van der Waals surface area (Å²) in [5, 5.41) is 4.73. The Balaban J connectivity index is 1.06. The number of nitrogens with zero attached hydrogens (tertiary/aromatic N) is 4. The molecule has 2 saturated heterocycles. The second kappa shape index (κ2) is 11.7. The van der Waals surface area contributed by atoms with Crippen LogP contribution in [0.4, 0.5) is 15.9 Å². The molecule has 214 valence electrons. The fourth-order valence-electron chi connectivity index (χ4n) is 5.91. The number of benzene rings is 3. The number of hydrogen-bond donors (Lipinski definition) is 1. The van der Waals surface area contributed by atoms with Gasteiger partial charge in [-0.05, 0) is 84.6 Å². The van der Waals surface area contributed by atoms with E-state index in [1.165, 1.54) is 31.5 Å². The highest BCUT2D eigenvalue weighted by molar-refractivity contribution is 6.32. The van der Waals surface area contributed by atoms with Crippen molar-refractivity contribution >= 4 is 34.0 Å². The minimum absolute atomic E-state index is 0.213. The average molecular weight is 584 g/mol. The summed E-state index contributed by atoms with van der Waals surface area (Å²) in [7, 11) is 0. The molecule has 42 heavy (non-hydrogen) atoms. The zero-order valence-electron chi connectivity index (χ0n) is 23.0. The number of nitrogens with one attached hydrogen (secondary N) is 1. The number of halogens is 2. The number of rotatable bonds is 8. The first-order valence-corrected chi connectivity index (χ1v) is 14.7. The number of aromatic nitrogens is 3. The lowest BCUT2D eigenvalue weighted by atomic mass is 10.1. The van der Waals surface area contributed by atoms with Crippen molar-refractivity contribution in [1.29, 1.82) is 0 Å². The Bertz CT molecular complexity index is 1730. The Morgan fingerprint density at radius 1 is 1.05 bits per heavy atom. The van der Waals surface area contributed by atoms with Crippen LogP contribution in [0.2, 0.25) is 5.02 Å². The molecule has 7 nitrogen and oxygen atoms in total. The second-order valence-electron chi connectivity index (χ2n) is 11.0. The minimum atomic E-state index is -0.297. The molecular weight excluding hydrogens is 553 g/mol. The predicted octanol–water partition coefficient (Wildman–Crippen LogP) is 7.08. The molecule has 2 aliphatic rings. The van der Waals surface area contributed by atoms with Gasteiger partial charge in [0.05, 0.1) is 23.3 Å². The van der Waals surface area contributed by atoms with E-state index in [0.29, 0.717) is 22.6 Å². The van der Waals surface area contributed by atoms with E-state index in [4.69, 9.17) is 21.1 Å². The predicted molar refractivity (Wildman–Crippen MR) is 163 cm³/mol. The van der Waals surface area contributed by atoms with Gasteiger partial charge < -0.3 is 19.4 Å². The summed E-state index contributed by atoms with van der Waals surface area (Å²) in [5.41, 5.74) is 4.55. The molecule has 0 bridgehead atoms. The van der Waals surface area contributed by atoms with Crippen molar-refractivity contribution in [3.05, 3.63) is 102 Å². The van der Waals surface area contributed by atoms with Crippen molar-refractivity contribution in [3.63, 3.8) is 0 Å². The van der Waals surface area contributed by atoms with Crippen molar-refractivity contribution < 1.29 is 13.9 Å². The monoisotopic (exact) mass is 583 g/mol. The van der Waals surface area contributed by atoms with E-state index in [2.05, 4.69) is 55.3 Å². The van der Waals surface area contributed by atoms with Crippen LogP contribution in [0.15, 0.2) is 85.5 Å². The van der Waals surface area contributed by atoms with Crippen LogP contribution in [-0.2, 0) is 17.9 Å². The lowest BCUT2D eigenvalue weighted by Crippen LogP contribution is -2.47.